The van der Waals surface area contributed by atoms with E-state index in [-0.39, 0.29) is 18.2 Å². The van der Waals surface area contributed by atoms with E-state index in [2.05, 4.69) is 15.6 Å². The number of nitrogens with zero attached hydrogens (tertiary/aromatic N) is 3. The predicted molar refractivity (Wildman–Crippen MR) is 157 cm³/mol. The van der Waals surface area contributed by atoms with Crippen molar-refractivity contribution in [2.75, 3.05) is 23.7 Å². The van der Waals surface area contributed by atoms with Gasteiger partial charge in [0, 0.05) is 50.0 Å². The molecule has 1 aliphatic rings. The van der Waals surface area contributed by atoms with E-state index in [1.807, 2.05) is 72.3 Å². The van der Waals surface area contributed by atoms with E-state index in [1.54, 1.807) is 12.3 Å². The van der Waals surface area contributed by atoms with Crippen molar-refractivity contribution in [2.45, 2.75) is 45.0 Å². The van der Waals surface area contributed by atoms with Crippen molar-refractivity contribution in [1.29, 1.82) is 0 Å². The smallest absolute Gasteiger partial charge is 0.251 e. The second kappa shape index (κ2) is 11.8. The zero-order valence-corrected chi connectivity index (χ0v) is 23.6. The Morgan fingerprint density at radius 3 is 2.62 bits per heavy atom. The predicted octanol–water partition coefficient (Wildman–Crippen LogP) is 2.87. The van der Waals surface area contributed by atoms with E-state index in [0.29, 0.717) is 30.8 Å². The lowest BCUT2D eigenvalue weighted by atomic mass is 9.99. The number of aryl methyl sites for hydroxylation is 2. The number of benzene rings is 2. The molecule has 0 unspecified atom stereocenters. The fourth-order valence-corrected chi connectivity index (χ4v) is 6.35. The number of sulfonamides is 1. The SMILES string of the molecule is CCc1cn2c3c(cc(C(=O)N[C@@H](Cc4ccccc4)[C@H](O)CNCc4ccccn4)cc13)N(C)S(=O)(=O)CC2. The molecule has 3 N–H and O–H groups in total. The first-order chi connectivity index (χ1) is 19.3. The number of amides is 1. The molecule has 10 heteroatoms. The van der Waals surface area contributed by atoms with Crippen LogP contribution in [0.25, 0.3) is 10.9 Å². The standard InChI is InChI=1S/C30H35N5O4S/c1-3-22-20-35-13-14-40(38,39)34(2)27-17-23(16-25(22)29(27)35)30(37)33-26(15-21-9-5-4-6-10-21)28(36)19-31-18-24-11-7-8-12-32-24/h4-12,16-17,20,26,28,31,36H,3,13-15,18-19H2,1-2H3,(H,33,37)/t26-,28+/m0/s1. The van der Waals surface area contributed by atoms with Crippen molar-refractivity contribution in [3.63, 3.8) is 0 Å². The van der Waals surface area contributed by atoms with Crippen LogP contribution in [0.15, 0.2) is 73.1 Å². The molecular formula is C30H35N5O4S. The van der Waals surface area contributed by atoms with Gasteiger partial charge in [0.05, 0.1) is 34.8 Å². The van der Waals surface area contributed by atoms with Gasteiger partial charge >= 0.3 is 0 Å². The molecule has 9 nitrogen and oxygen atoms in total. The number of anilines is 1. The van der Waals surface area contributed by atoms with Crippen LogP contribution in [-0.4, -0.2) is 60.5 Å². The quantitative estimate of drug-likeness (QED) is 0.274. The number of hydrogen-bond donors (Lipinski definition) is 3. The Morgan fingerprint density at radius 1 is 1.12 bits per heavy atom. The summed E-state index contributed by atoms with van der Waals surface area (Å²) < 4.78 is 29.0. The molecule has 1 aliphatic heterocycles. The van der Waals surface area contributed by atoms with Gasteiger partial charge in [-0.2, -0.15) is 0 Å². The lowest BCUT2D eigenvalue weighted by Gasteiger charge is -2.25. The molecule has 2 atom stereocenters. The Balaban J connectivity index is 1.42. The minimum absolute atomic E-state index is 0.0104. The first-order valence-electron chi connectivity index (χ1n) is 13.5. The van der Waals surface area contributed by atoms with Gasteiger partial charge in [-0.1, -0.05) is 43.3 Å². The van der Waals surface area contributed by atoms with Gasteiger partial charge in [0.15, 0.2) is 0 Å². The number of carbonyl (C=O) groups is 1. The Labute approximate surface area is 234 Å². The van der Waals surface area contributed by atoms with Gasteiger partial charge in [0.2, 0.25) is 10.0 Å². The minimum Gasteiger partial charge on any atom is -0.390 e. The third-order valence-corrected chi connectivity index (χ3v) is 9.22. The van der Waals surface area contributed by atoms with Crippen LogP contribution in [0.1, 0.15) is 34.1 Å². The number of aromatic nitrogens is 2. The van der Waals surface area contributed by atoms with E-state index >= 15 is 0 Å². The summed E-state index contributed by atoms with van der Waals surface area (Å²) >= 11 is 0. The van der Waals surface area contributed by atoms with Crippen LogP contribution in [0.3, 0.4) is 0 Å². The summed E-state index contributed by atoms with van der Waals surface area (Å²) in [5.41, 5.74) is 4.54. The minimum atomic E-state index is -3.53. The maximum Gasteiger partial charge on any atom is 0.251 e. The average Bonchev–Trinajstić information content (AvgIpc) is 3.29. The third kappa shape index (κ3) is 5.89. The first-order valence-corrected chi connectivity index (χ1v) is 15.1. The molecule has 40 heavy (non-hydrogen) atoms. The van der Waals surface area contributed by atoms with E-state index < -0.39 is 22.2 Å². The third-order valence-electron chi connectivity index (χ3n) is 7.49. The normalized spacial score (nSPS) is 15.9. The molecule has 0 saturated heterocycles. The fourth-order valence-electron chi connectivity index (χ4n) is 5.21. The Bertz CT molecular complexity index is 1590. The molecule has 0 fully saturated rings. The molecule has 4 aromatic rings. The zero-order valence-electron chi connectivity index (χ0n) is 22.7. The van der Waals surface area contributed by atoms with E-state index in [9.17, 15) is 18.3 Å². The maximum atomic E-state index is 13.7. The Morgan fingerprint density at radius 2 is 1.90 bits per heavy atom. The summed E-state index contributed by atoms with van der Waals surface area (Å²) in [6.45, 7) is 3.14. The van der Waals surface area contributed by atoms with Crippen molar-refractivity contribution in [1.82, 2.24) is 20.2 Å². The van der Waals surface area contributed by atoms with Crippen molar-refractivity contribution < 1.29 is 18.3 Å². The molecule has 2 aromatic heterocycles. The van der Waals surface area contributed by atoms with Gasteiger partial charge in [-0.05, 0) is 48.2 Å². The van der Waals surface area contributed by atoms with E-state index in [4.69, 9.17) is 0 Å². The lowest BCUT2D eigenvalue weighted by molar-refractivity contribution is 0.0830. The van der Waals surface area contributed by atoms with Crippen LogP contribution >= 0.6 is 0 Å². The lowest BCUT2D eigenvalue weighted by Crippen LogP contribution is -2.48. The topological polar surface area (TPSA) is 117 Å². The summed E-state index contributed by atoms with van der Waals surface area (Å²) in [4.78, 5) is 18.0. The Hall–Kier alpha value is -3.73. The number of aliphatic hydroxyl groups is 1. The number of hydrogen-bond acceptors (Lipinski definition) is 6. The summed E-state index contributed by atoms with van der Waals surface area (Å²) in [5, 5.41) is 18.3. The van der Waals surface area contributed by atoms with Crippen molar-refractivity contribution in [3.8, 4) is 0 Å². The second-order valence-electron chi connectivity index (χ2n) is 10.2. The van der Waals surface area contributed by atoms with Crippen molar-refractivity contribution >= 4 is 32.5 Å². The van der Waals surface area contributed by atoms with Crippen molar-refractivity contribution in [2.24, 2.45) is 0 Å². The summed E-state index contributed by atoms with van der Waals surface area (Å²) in [6, 6.07) is 18.2. The van der Waals surface area contributed by atoms with Gasteiger partial charge in [0.1, 0.15) is 0 Å². The molecule has 2 aromatic carbocycles. The molecule has 0 bridgehead atoms. The van der Waals surface area contributed by atoms with E-state index in [0.717, 1.165) is 34.1 Å². The summed E-state index contributed by atoms with van der Waals surface area (Å²) in [7, 11) is -1.99. The zero-order chi connectivity index (χ0) is 28.3. The second-order valence-corrected chi connectivity index (χ2v) is 12.3. The monoisotopic (exact) mass is 561 g/mol. The van der Waals surface area contributed by atoms with Crippen LogP contribution in [0.2, 0.25) is 0 Å². The van der Waals surface area contributed by atoms with Crippen LogP contribution < -0.4 is 14.9 Å². The van der Waals surface area contributed by atoms with Gasteiger partial charge in [-0.25, -0.2) is 8.42 Å². The largest absolute Gasteiger partial charge is 0.390 e. The molecule has 0 aliphatic carbocycles. The summed E-state index contributed by atoms with van der Waals surface area (Å²) in [6.07, 6.45) is 4.01. The van der Waals surface area contributed by atoms with Crippen LogP contribution in [0.4, 0.5) is 5.69 Å². The highest BCUT2D eigenvalue weighted by Gasteiger charge is 2.29. The number of nitrogens with one attached hydrogen (secondary N) is 2. The molecule has 210 valence electrons. The fraction of sp³-hybridized carbons (Fsp3) is 0.333. The number of pyridine rings is 1. The van der Waals surface area contributed by atoms with Gasteiger partial charge in [-0.3, -0.25) is 14.1 Å². The van der Waals surface area contributed by atoms with Gasteiger partial charge in [-0.15, -0.1) is 0 Å². The molecule has 5 rings (SSSR count). The average molecular weight is 562 g/mol. The number of carbonyl (C=O) groups excluding carboxylic acids is 1. The van der Waals surface area contributed by atoms with Crippen LogP contribution in [0.5, 0.6) is 0 Å². The molecule has 3 heterocycles. The summed E-state index contributed by atoms with van der Waals surface area (Å²) in [5.74, 6) is -0.378. The molecule has 1 amide bonds. The van der Waals surface area contributed by atoms with Crippen LogP contribution in [-0.2, 0) is 36.0 Å². The maximum absolute atomic E-state index is 13.7. The molecular weight excluding hydrogens is 526 g/mol. The molecule has 0 spiro atoms. The number of rotatable bonds is 10. The first kappa shape index (κ1) is 27.8. The van der Waals surface area contributed by atoms with Crippen LogP contribution in [0, 0.1) is 0 Å². The van der Waals surface area contributed by atoms with Gasteiger partial charge in [0.25, 0.3) is 5.91 Å². The van der Waals surface area contributed by atoms with E-state index in [1.165, 1.54) is 11.4 Å². The van der Waals surface area contributed by atoms with Crippen molar-refractivity contribution in [3.05, 3.63) is 95.4 Å². The number of aliphatic hydroxyl groups excluding tert-OH is 1. The molecule has 0 radical (unpaired) electrons. The Kier molecular flexibility index (Phi) is 8.20. The highest BCUT2D eigenvalue weighted by Crippen LogP contribution is 2.35. The highest BCUT2D eigenvalue weighted by atomic mass is 32.2. The molecule has 0 saturated carbocycles. The highest BCUT2D eigenvalue weighted by molar-refractivity contribution is 7.92. The van der Waals surface area contributed by atoms with Gasteiger partial charge < -0.3 is 20.3 Å².